The molecular formula is C29H38N4O9. The van der Waals surface area contributed by atoms with Gasteiger partial charge in [-0.15, -0.1) is 0 Å². The molecule has 1 aromatic rings. The molecule has 1 fully saturated rings. The third-order valence-corrected chi connectivity index (χ3v) is 8.76. The standard InChI is InChI=1S/C29H38N4O9/c1-10(2)9-14(31-4)28(41)32-13-8-7-12-11(3)15-17(22(35)16(12)21(13)34)25(38)29(42)19(23(15)36)20(33(5)6)24(37)18(26(29)39)27(30)40/h7-8,10-11,14-15,19-20,23,31,34-36,39,42H,9H2,1-6H3,(H2,30,40)(H,32,41)/t11-,14-,15?,19+,20-,23-,29-/m0/s1. The summed E-state index contributed by atoms with van der Waals surface area (Å²) in [6, 6.07) is 0.970. The number of phenolic OH excluding ortho intramolecular Hbond substituents is 1. The predicted octanol–water partition coefficient (Wildman–Crippen LogP) is 0.0684. The lowest BCUT2D eigenvalue weighted by Gasteiger charge is -2.53. The summed E-state index contributed by atoms with van der Waals surface area (Å²) >= 11 is 0. The third-order valence-electron chi connectivity index (χ3n) is 8.76. The number of benzene rings is 1. The number of Topliss-reactive ketones (excluding diaryl/α,β-unsaturated/α-hetero) is 2. The van der Waals surface area contributed by atoms with Crippen LogP contribution in [-0.2, 0) is 19.2 Å². The Balaban J connectivity index is 1.90. The average molecular weight is 587 g/mol. The average Bonchev–Trinajstić information content (AvgIpc) is 2.90. The second-order valence-corrected chi connectivity index (χ2v) is 11.9. The molecule has 9 N–H and O–H groups in total. The number of ketones is 2. The summed E-state index contributed by atoms with van der Waals surface area (Å²) in [5.41, 5.74) is 0.940. The van der Waals surface area contributed by atoms with Crippen LogP contribution < -0.4 is 16.4 Å². The van der Waals surface area contributed by atoms with E-state index in [-0.39, 0.29) is 17.2 Å². The highest BCUT2D eigenvalue weighted by molar-refractivity contribution is 6.24. The van der Waals surface area contributed by atoms with Gasteiger partial charge in [-0.25, -0.2) is 0 Å². The van der Waals surface area contributed by atoms with Crippen LogP contribution in [0.4, 0.5) is 5.69 Å². The number of hydrogen-bond donors (Lipinski definition) is 8. The van der Waals surface area contributed by atoms with Crippen molar-refractivity contribution in [3.8, 4) is 5.75 Å². The molecule has 1 unspecified atom stereocenters. The third kappa shape index (κ3) is 4.39. The minimum Gasteiger partial charge on any atom is -0.508 e. The van der Waals surface area contributed by atoms with Crippen molar-refractivity contribution < 1.29 is 44.7 Å². The first-order valence-corrected chi connectivity index (χ1v) is 13.7. The molecule has 4 rings (SSSR count). The van der Waals surface area contributed by atoms with Gasteiger partial charge in [0, 0.05) is 11.5 Å². The van der Waals surface area contributed by atoms with Gasteiger partial charge in [0.05, 0.1) is 35.4 Å². The molecule has 0 radical (unpaired) electrons. The lowest BCUT2D eigenvalue weighted by Crippen LogP contribution is -2.70. The van der Waals surface area contributed by atoms with Crippen molar-refractivity contribution in [2.24, 2.45) is 23.5 Å². The number of nitrogens with zero attached hydrogens (tertiary/aromatic N) is 1. The van der Waals surface area contributed by atoms with Gasteiger partial charge in [0.25, 0.3) is 5.91 Å². The second kappa shape index (κ2) is 10.8. The fourth-order valence-electron chi connectivity index (χ4n) is 6.76. The summed E-state index contributed by atoms with van der Waals surface area (Å²) in [5, 5.41) is 62.6. The molecule has 0 saturated heterocycles. The fraction of sp³-hybridized carbons (Fsp3) is 0.517. The van der Waals surface area contributed by atoms with Crippen LogP contribution in [0.25, 0.3) is 5.76 Å². The van der Waals surface area contributed by atoms with E-state index in [4.69, 9.17) is 5.73 Å². The van der Waals surface area contributed by atoms with Gasteiger partial charge in [0.15, 0.2) is 11.4 Å². The zero-order valence-electron chi connectivity index (χ0n) is 24.3. The first-order valence-electron chi connectivity index (χ1n) is 13.7. The maximum absolute atomic E-state index is 14.1. The number of aromatic hydroxyl groups is 1. The van der Waals surface area contributed by atoms with E-state index in [9.17, 15) is 44.7 Å². The predicted molar refractivity (Wildman–Crippen MR) is 151 cm³/mol. The number of fused-ring (bicyclic) bond motifs is 3. The molecule has 0 bridgehead atoms. The number of aliphatic hydroxyl groups excluding tert-OH is 3. The summed E-state index contributed by atoms with van der Waals surface area (Å²) in [5.74, 6) is -10.0. The summed E-state index contributed by atoms with van der Waals surface area (Å²) in [7, 11) is 4.51. The number of aliphatic hydroxyl groups is 4. The van der Waals surface area contributed by atoms with E-state index in [1.165, 1.54) is 31.1 Å². The molecule has 42 heavy (non-hydrogen) atoms. The molecule has 0 aliphatic heterocycles. The van der Waals surface area contributed by atoms with Crippen LogP contribution in [-0.4, -0.2) is 98.7 Å². The number of carbonyl (C=O) groups excluding carboxylic acids is 4. The number of primary amides is 1. The number of carbonyl (C=O) groups is 4. The Bertz CT molecular complexity index is 1430. The number of nitrogens with one attached hydrogen (secondary N) is 2. The zero-order valence-corrected chi connectivity index (χ0v) is 24.3. The summed E-state index contributed by atoms with van der Waals surface area (Å²) < 4.78 is 0. The van der Waals surface area contributed by atoms with Crippen LogP contribution >= 0.6 is 0 Å². The van der Waals surface area contributed by atoms with Crippen molar-refractivity contribution in [2.45, 2.75) is 56.9 Å². The summed E-state index contributed by atoms with van der Waals surface area (Å²) in [6.45, 7) is 5.53. The van der Waals surface area contributed by atoms with E-state index < -0.39 is 93.3 Å². The molecule has 2 amide bonds. The van der Waals surface area contributed by atoms with Gasteiger partial charge in [-0.2, -0.15) is 0 Å². The Hall–Kier alpha value is -3.78. The largest absolute Gasteiger partial charge is 0.508 e. The lowest BCUT2D eigenvalue weighted by molar-refractivity contribution is -0.169. The molecule has 13 heteroatoms. The van der Waals surface area contributed by atoms with Crippen molar-refractivity contribution in [1.29, 1.82) is 0 Å². The summed E-state index contributed by atoms with van der Waals surface area (Å²) in [6.07, 6.45) is -1.18. The maximum Gasteiger partial charge on any atom is 0.255 e. The molecule has 3 aliphatic rings. The Labute approximate surface area is 242 Å². The van der Waals surface area contributed by atoms with Crippen LogP contribution in [0.5, 0.6) is 5.75 Å². The van der Waals surface area contributed by atoms with Crippen molar-refractivity contribution in [2.75, 3.05) is 26.5 Å². The first kappa shape index (κ1) is 31.2. The quantitative estimate of drug-likeness (QED) is 0.158. The normalized spacial score (nSPS) is 29.8. The van der Waals surface area contributed by atoms with Crippen molar-refractivity contribution in [3.05, 3.63) is 40.2 Å². The van der Waals surface area contributed by atoms with E-state index >= 15 is 0 Å². The molecule has 0 heterocycles. The van der Waals surface area contributed by atoms with Gasteiger partial charge in [0.1, 0.15) is 22.8 Å². The Morgan fingerprint density at radius 3 is 2.29 bits per heavy atom. The van der Waals surface area contributed by atoms with Crippen LogP contribution in [0, 0.1) is 17.8 Å². The van der Waals surface area contributed by atoms with Crippen LogP contribution in [0.3, 0.4) is 0 Å². The van der Waals surface area contributed by atoms with Crippen molar-refractivity contribution in [1.82, 2.24) is 10.2 Å². The monoisotopic (exact) mass is 586 g/mol. The number of anilines is 1. The lowest BCUT2D eigenvalue weighted by atomic mass is 9.54. The topological polar surface area (TPSA) is 223 Å². The van der Waals surface area contributed by atoms with E-state index in [0.29, 0.717) is 12.0 Å². The van der Waals surface area contributed by atoms with Gasteiger partial charge in [-0.1, -0.05) is 26.8 Å². The minimum absolute atomic E-state index is 0.0457. The summed E-state index contributed by atoms with van der Waals surface area (Å²) in [4.78, 5) is 53.7. The Morgan fingerprint density at radius 1 is 1.14 bits per heavy atom. The van der Waals surface area contributed by atoms with E-state index in [0.717, 1.165) is 0 Å². The Kier molecular flexibility index (Phi) is 8.02. The SMILES string of the molecule is CN[C@@H](CC(C)C)C(=O)Nc1ccc2c(c1O)C(O)=C1C(=O)[C@]3(O)C(O)=C(C(N)=O)C(=O)[C@@H](N(C)C)[C@@H]3[C@@H](O)C1[C@H]2C. The highest BCUT2D eigenvalue weighted by atomic mass is 16.4. The minimum atomic E-state index is -3.00. The van der Waals surface area contributed by atoms with Crippen molar-refractivity contribution in [3.63, 3.8) is 0 Å². The van der Waals surface area contributed by atoms with Crippen molar-refractivity contribution >= 4 is 34.8 Å². The molecule has 7 atom stereocenters. The molecule has 0 spiro atoms. The van der Waals surface area contributed by atoms with Crippen LogP contribution in [0.2, 0.25) is 0 Å². The van der Waals surface area contributed by atoms with Gasteiger partial charge in [0.2, 0.25) is 11.7 Å². The number of likely N-dealkylation sites (N-methyl/N-ethyl adjacent to an activating group) is 2. The van der Waals surface area contributed by atoms with E-state index in [1.807, 2.05) is 13.8 Å². The van der Waals surface area contributed by atoms with Crippen LogP contribution in [0.15, 0.2) is 29.0 Å². The molecule has 1 saturated carbocycles. The fourth-order valence-corrected chi connectivity index (χ4v) is 6.76. The van der Waals surface area contributed by atoms with Gasteiger partial charge in [-0.3, -0.25) is 24.1 Å². The highest BCUT2D eigenvalue weighted by Gasteiger charge is 2.68. The molecule has 0 aromatic heterocycles. The Morgan fingerprint density at radius 2 is 1.76 bits per heavy atom. The molecular weight excluding hydrogens is 548 g/mol. The first-order chi connectivity index (χ1) is 19.5. The highest BCUT2D eigenvalue weighted by Crippen LogP contribution is 2.56. The number of nitrogens with two attached hydrogens (primary N) is 1. The molecule has 3 aliphatic carbocycles. The van der Waals surface area contributed by atoms with E-state index in [2.05, 4.69) is 10.6 Å². The van der Waals surface area contributed by atoms with Crippen LogP contribution in [0.1, 0.15) is 44.2 Å². The van der Waals surface area contributed by atoms with Gasteiger partial charge in [-0.05, 0) is 51.0 Å². The zero-order chi connectivity index (χ0) is 31.6. The number of amides is 2. The molecule has 228 valence electrons. The maximum atomic E-state index is 14.1. The molecule has 1 aromatic carbocycles. The second-order valence-electron chi connectivity index (χ2n) is 11.9. The number of rotatable bonds is 7. The smallest absolute Gasteiger partial charge is 0.255 e. The van der Waals surface area contributed by atoms with Gasteiger partial charge < -0.3 is 41.9 Å². The molecule has 13 nitrogen and oxygen atoms in total. The number of phenols is 1. The van der Waals surface area contributed by atoms with E-state index in [1.54, 1.807) is 14.0 Å². The number of hydrogen-bond acceptors (Lipinski definition) is 11. The van der Waals surface area contributed by atoms with Gasteiger partial charge >= 0.3 is 0 Å².